The number of nitrogens with two attached hydrogens (primary N) is 1. The first-order chi connectivity index (χ1) is 17.5. The summed E-state index contributed by atoms with van der Waals surface area (Å²) in [5, 5.41) is 0. The first-order valence-corrected chi connectivity index (χ1v) is 11.9. The minimum atomic E-state index is -5.02. The second kappa shape index (κ2) is 10.7. The van der Waals surface area contributed by atoms with Crippen molar-refractivity contribution in [2.45, 2.75) is 71.6 Å². The highest BCUT2D eigenvalue weighted by Crippen LogP contribution is 2.41. The van der Waals surface area contributed by atoms with Crippen LogP contribution < -0.4 is 10.6 Å². The summed E-state index contributed by atoms with van der Waals surface area (Å²) >= 11 is 0. The molecule has 1 unspecified atom stereocenters. The van der Waals surface area contributed by atoms with Gasteiger partial charge in [0.2, 0.25) is 5.91 Å². The lowest BCUT2D eigenvalue weighted by Crippen LogP contribution is -2.35. The summed E-state index contributed by atoms with van der Waals surface area (Å²) in [6, 6.07) is 3.74. The number of carbonyl (C=O) groups is 2. The highest BCUT2D eigenvalue weighted by molar-refractivity contribution is 5.90. The Morgan fingerprint density at radius 3 is 2.13 bits per heavy atom. The Balaban J connectivity index is 2.12. The van der Waals surface area contributed by atoms with E-state index in [0.29, 0.717) is 41.1 Å². The van der Waals surface area contributed by atoms with Gasteiger partial charge in [-0.05, 0) is 75.1 Å². The van der Waals surface area contributed by atoms with E-state index in [9.17, 15) is 35.9 Å². The molecule has 0 saturated carbocycles. The highest BCUT2D eigenvalue weighted by Gasteiger charge is 2.38. The summed E-state index contributed by atoms with van der Waals surface area (Å²) in [5.74, 6) is -0.565. The van der Waals surface area contributed by atoms with Gasteiger partial charge in [0, 0.05) is 31.3 Å². The van der Waals surface area contributed by atoms with Crippen molar-refractivity contribution >= 4 is 23.4 Å². The number of ether oxygens (including phenoxy) is 1. The molecule has 208 valence electrons. The Bertz CT molecular complexity index is 1180. The zero-order valence-electron chi connectivity index (χ0n) is 21.3. The zero-order chi connectivity index (χ0) is 28.6. The lowest BCUT2D eigenvalue weighted by molar-refractivity contribution is -0.143. The van der Waals surface area contributed by atoms with Crippen LogP contribution in [0.25, 0.3) is 0 Å². The summed E-state index contributed by atoms with van der Waals surface area (Å²) in [6.45, 7) is 6.00. The Labute approximate surface area is 216 Å². The van der Waals surface area contributed by atoms with E-state index in [2.05, 4.69) is 0 Å². The van der Waals surface area contributed by atoms with Gasteiger partial charge < -0.3 is 15.4 Å². The van der Waals surface area contributed by atoms with E-state index in [1.165, 1.54) is 16.7 Å². The molecule has 2 amide bonds. The summed E-state index contributed by atoms with van der Waals surface area (Å²) in [7, 11) is 0. The van der Waals surface area contributed by atoms with Gasteiger partial charge in [0.1, 0.15) is 0 Å². The van der Waals surface area contributed by atoms with Gasteiger partial charge in [-0.2, -0.15) is 26.3 Å². The quantitative estimate of drug-likeness (QED) is 0.337. The van der Waals surface area contributed by atoms with E-state index in [1.807, 2.05) is 0 Å². The van der Waals surface area contributed by atoms with Crippen LogP contribution in [-0.2, 0) is 28.4 Å². The van der Waals surface area contributed by atoms with Crippen LogP contribution in [0.2, 0.25) is 0 Å². The number of hydrogen-bond donors (Lipinski definition) is 1. The van der Waals surface area contributed by atoms with Crippen molar-refractivity contribution in [3.63, 3.8) is 0 Å². The number of alkyl halides is 6. The molecule has 1 aliphatic rings. The lowest BCUT2D eigenvalue weighted by atomic mass is 9.96. The van der Waals surface area contributed by atoms with Gasteiger partial charge in [0.15, 0.2) is 0 Å². The van der Waals surface area contributed by atoms with E-state index >= 15 is 0 Å². The van der Waals surface area contributed by atoms with Gasteiger partial charge >= 0.3 is 18.4 Å². The fourth-order valence-electron chi connectivity index (χ4n) is 4.47. The minimum absolute atomic E-state index is 0.0459. The third-order valence-electron chi connectivity index (χ3n) is 6.26. The second-order valence-corrected chi connectivity index (χ2v) is 9.57. The number of carbonyl (C=O) groups excluding carboxylic acids is 2. The third-order valence-corrected chi connectivity index (χ3v) is 6.26. The number of rotatable bonds is 4. The topological polar surface area (TPSA) is 75.9 Å². The SMILES string of the molecule is CC(=O)N(Cc1cc(C(F)(F)F)cc(C(F)(F)F)c1)C1CCCN(C(=O)OC(C)C)c2cc(C)c(N)cc21. The lowest BCUT2D eigenvalue weighted by Gasteiger charge is -2.33. The van der Waals surface area contributed by atoms with Crippen molar-refractivity contribution in [3.05, 3.63) is 58.1 Å². The fourth-order valence-corrected chi connectivity index (χ4v) is 4.47. The van der Waals surface area contributed by atoms with E-state index in [4.69, 9.17) is 10.5 Å². The monoisotopic (exact) mass is 545 g/mol. The Kier molecular flexibility index (Phi) is 8.23. The average Bonchev–Trinajstić information content (AvgIpc) is 2.95. The molecule has 3 rings (SSSR count). The van der Waals surface area contributed by atoms with Gasteiger partial charge in [-0.25, -0.2) is 4.79 Å². The van der Waals surface area contributed by atoms with Crippen LogP contribution >= 0.6 is 0 Å². The van der Waals surface area contributed by atoms with Crippen molar-refractivity contribution in [3.8, 4) is 0 Å². The normalized spacial score (nSPS) is 16.2. The molecule has 12 heteroatoms. The standard InChI is InChI=1S/C26H29F6N3O3/c1-14(2)38-24(37)34-7-5-6-22(20-12-21(33)15(3)8-23(20)34)35(16(4)36)13-17-9-18(25(27,28)29)11-19(10-17)26(30,31)32/h8-12,14,22H,5-7,13,33H2,1-4H3. The van der Waals surface area contributed by atoms with Crippen molar-refractivity contribution in [1.82, 2.24) is 4.90 Å². The van der Waals surface area contributed by atoms with Crippen molar-refractivity contribution in [1.29, 1.82) is 0 Å². The maximum atomic E-state index is 13.4. The predicted octanol–water partition coefficient (Wildman–Crippen LogP) is 6.85. The van der Waals surface area contributed by atoms with Crippen LogP contribution in [0.1, 0.15) is 67.5 Å². The third kappa shape index (κ3) is 6.51. The fraction of sp³-hybridized carbons (Fsp3) is 0.462. The number of fused-ring (bicyclic) bond motifs is 1. The van der Waals surface area contributed by atoms with Gasteiger partial charge in [-0.3, -0.25) is 9.69 Å². The van der Waals surface area contributed by atoms with Crippen LogP contribution in [-0.4, -0.2) is 29.5 Å². The van der Waals surface area contributed by atoms with E-state index < -0.39 is 54.2 Å². The van der Waals surface area contributed by atoms with Crippen LogP contribution in [0.4, 0.5) is 42.5 Å². The molecule has 1 heterocycles. The van der Waals surface area contributed by atoms with Gasteiger partial charge in [-0.1, -0.05) is 0 Å². The van der Waals surface area contributed by atoms with E-state index in [1.54, 1.807) is 32.9 Å². The molecular weight excluding hydrogens is 516 g/mol. The molecule has 0 aliphatic carbocycles. The molecule has 0 spiro atoms. The number of anilines is 2. The van der Waals surface area contributed by atoms with Crippen LogP contribution in [0.3, 0.4) is 0 Å². The number of nitrogen functional groups attached to an aromatic ring is 1. The maximum Gasteiger partial charge on any atom is 0.416 e. The molecule has 0 aromatic heterocycles. The molecule has 6 nitrogen and oxygen atoms in total. The molecule has 2 aromatic rings. The number of hydrogen-bond acceptors (Lipinski definition) is 4. The summed E-state index contributed by atoms with van der Waals surface area (Å²) in [6.07, 6.45) is -10.4. The zero-order valence-corrected chi connectivity index (χ0v) is 21.3. The first-order valence-electron chi connectivity index (χ1n) is 11.9. The molecule has 2 N–H and O–H groups in total. The van der Waals surface area contributed by atoms with Crippen LogP contribution in [0, 0.1) is 6.92 Å². The molecule has 38 heavy (non-hydrogen) atoms. The van der Waals surface area contributed by atoms with Crippen molar-refractivity contribution < 1.29 is 40.7 Å². The van der Waals surface area contributed by atoms with Crippen LogP contribution in [0.5, 0.6) is 0 Å². The molecule has 2 aromatic carbocycles. The maximum absolute atomic E-state index is 13.4. The Morgan fingerprint density at radius 1 is 1.05 bits per heavy atom. The largest absolute Gasteiger partial charge is 0.446 e. The van der Waals surface area contributed by atoms with Gasteiger partial charge in [-0.15, -0.1) is 0 Å². The second-order valence-electron chi connectivity index (χ2n) is 9.57. The molecule has 0 saturated heterocycles. The number of halogens is 6. The first kappa shape index (κ1) is 29.1. The van der Waals surface area contributed by atoms with E-state index in [-0.39, 0.29) is 24.6 Å². The highest BCUT2D eigenvalue weighted by atomic mass is 19.4. The Morgan fingerprint density at radius 2 is 1.63 bits per heavy atom. The number of nitrogens with zero attached hydrogens (tertiary/aromatic N) is 2. The van der Waals surface area contributed by atoms with Gasteiger partial charge in [0.05, 0.1) is 29.0 Å². The molecular formula is C26H29F6N3O3. The molecule has 1 aliphatic heterocycles. The minimum Gasteiger partial charge on any atom is -0.446 e. The average molecular weight is 546 g/mol. The predicted molar refractivity (Wildman–Crippen MR) is 129 cm³/mol. The van der Waals surface area contributed by atoms with Crippen LogP contribution in [0.15, 0.2) is 30.3 Å². The number of benzene rings is 2. The molecule has 1 atom stereocenters. The molecule has 0 radical (unpaired) electrons. The number of amides is 2. The van der Waals surface area contributed by atoms with Gasteiger partial charge in [0.25, 0.3) is 0 Å². The smallest absolute Gasteiger partial charge is 0.416 e. The summed E-state index contributed by atoms with van der Waals surface area (Å²) in [5.41, 5.74) is 4.74. The van der Waals surface area contributed by atoms with Crippen molar-refractivity contribution in [2.24, 2.45) is 0 Å². The Hall–Kier alpha value is -3.44. The van der Waals surface area contributed by atoms with E-state index in [0.717, 1.165) is 0 Å². The molecule has 0 fully saturated rings. The number of aryl methyl sites for hydroxylation is 1. The summed E-state index contributed by atoms with van der Waals surface area (Å²) in [4.78, 5) is 28.3. The summed E-state index contributed by atoms with van der Waals surface area (Å²) < 4.78 is 85.9. The molecule has 0 bridgehead atoms. The van der Waals surface area contributed by atoms with Crippen molar-refractivity contribution in [2.75, 3.05) is 17.2 Å².